The van der Waals surface area contributed by atoms with Crippen LogP contribution in [0.3, 0.4) is 0 Å². The molecule has 2 heterocycles. The monoisotopic (exact) mass is 506 g/mol. The molecule has 0 unspecified atom stereocenters. The highest BCUT2D eigenvalue weighted by molar-refractivity contribution is 5.90. The molecule has 0 spiro atoms. The zero-order valence-corrected chi connectivity index (χ0v) is 22.3. The van der Waals surface area contributed by atoms with E-state index in [4.69, 9.17) is 20.2 Å². The lowest BCUT2D eigenvalue weighted by atomic mass is 9.72. The van der Waals surface area contributed by atoms with E-state index in [0.717, 1.165) is 51.0 Å². The third-order valence-electron chi connectivity index (χ3n) is 7.43. The van der Waals surface area contributed by atoms with Crippen molar-refractivity contribution in [3.63, 3.8) is 0 Å². The van der Waals surface area contributed by atoms with Gasteiger partial charge in [-0.05, 0) is 38.3 Å². The number of ether oxygens (including phenoxy) is 2. The number of carbonyl (C=O) groups excluding carboxylic acids is 1. The number of nitrogens with one attached hydrogen (secondary N) is 1. The molecule has 3 N–H and O–H groups in total. The molecule has 1 saturated heterocycles. The van der Waals surface area contributed by atoms with Crippen LogP contribution in [0.15, 0.2) is 42.5 Å². The number of rotatable bonds is 9. The third-order valence-corrected chi connectivity index (χ3v) is 7.43. The number of fused-ring (bicyclic) bond motifs is 1. The zero-order chi connectivity index (χ0) is 26.4. The number of hydrogen-bond donors (Lipinski definition) is 2. The van der Waals surface area contributed by atoms with Crippen molar-refractivity contribution in [1.29, 1.82) is 0 Å². The number of benzene rings is 2. The van der Waals surface area contributed by atoms with E-state index in [1.807, 2.05) is 35.8 Å². The van der Waals surface area contributed by atoms with Gasteiger partial charge in [0.1, 0.15) is 11.6 Å². The van der Waals surface area contributed by atoms with E-state index in [9.17, 15) is 4.79 Å². The lowest BCUT2D eigenvalue weighted by molar-refractivity contribution is 0.126. The molecular formula is C28H38N6O3. The first-order valence-electron chi connectivity index (χ1n) is 12.9. The van der Waals surface area contributed by atoms with Gasteiger partial charge in [-0.2, -0.15) is 0 Å². The van der Waals surface area contributed by atoms with Crippen molar-refractivity contribution in [3.05, 3.63) is 53.9 Å². The fraction of sp³-hybridized carbons (Fsp3) is 0.464. The number of nitrogen functional groups attached to an aromatic ring is 1. The van der Waals surface area contributed by atoms with Gasteiger partial charge in [-0.3, -0.25) is 0 Å². The number of hydrogen-bond acceptors (Lipinski definition) is 7. The number of likely N-dealkylation sites (tertiary alicyclic amines) is 1. The molecule has 2 amide bonds. The van der Waals surface area contributed by atoms with Gasteiger partial charge in [0.15, 0.2) is 11.5 Å². The van der Waals surface area contributed by atoms with Crippen LogP contribution in [0.4, 0.5) is 10.6 Å². The van der Waals surface area contributed by atoms with Gasteiger partial charge in [0.05, 0.1) is 26.3 Å². The molecular weight excluding hydrogens is 468 g/mol. The molecule has 0 aliphatic carbocycles. The molecule has 0 radical (unpaired) electrons. The van der Waals surface area contributed by atoms with E-state index in [1.54, 1.807) is 20.3 Å². The van der Waals surface area contributed by atoms with Crippen molar-refractivity contribution in [1.82, 2.24) is 25.1 Å². The van der Waals surface area contributed by atoms with Crippen molar-refractivity contribution < 1.29 is 14.3 Å². The fourth-order valence-electron chi connectivity index (χ4n) is 5.20. The zero-order valence-electron chi connectivity index (χ0n) is 22.3. The third kappa shape index (κ3) is 5.56. The molecule has 1 aliphatic heterocycles. The Morgan fingerprint density at radius 2 is 1.70 bits per heavy atom. The summed E-state index contributed by atoms with van der Waals surface area (Å²) >= 11 is 0. The maximum Gasteiger partial charge on any atom is 0.319 e. The van der Waals surface area contributed by atoms with Crippen LogP contribution < -0.4 is 20.5 Å². The van der Waals surface area contributed by atoms with Gasteiger partial charge in [0.2, 0.25) is 0 Å². The number of amides is 2. The number of aromatic nitrogens is 2. The van der Waals surface area contributed by atoms with E-state index in [1.165, 1.54) is 5.56 Å². The number of nitrogens with two attached hydrogens (primary N) is 1. The Bertz CT molecular complexity index is 1210. The molecule has 37 heavy (non-hydrogen) atoms. The van der Waals surface area contributed by atoms with Crippen LogP contribution >= 0.6 is 0 Å². The Morgan fingerprint density at radius 3 is 2.32 bits per heavy atom. The van der Waals surface area contributed by atoms with Crippen LogP contribution in [0.5, 0.6) is 11.5 Å². The Labute approximate surface area is 219 Å². The van der Waals surface area contributed by atoms with Gasteiger partial charge >= 0.3 is 6.03 Å². The highest BCUT2D eigenvalue weighted by Gasteiger charge is 2.37. The minimum atomic E-state index is -0.0831. The minimum absolute atomic E-state index is 0.0831. The second kappa shape index (κ2) is 11.6. The number of carbonyl (C=O) groups is 1. The Hall–Kier alpha value is -3.59. The standard InChI is InChI=1S/C28H38N6O3/c1-5-33(6-2)27(35)34-14-12-28(13-15-34,20-10-8-7-9-11-20)19-30-18-25-31-22-17-24(37-4)23(36-3)16-21(22)26(29)32-25/h7-11,16-17,30H,5-6,12-15,18-19H2,1-4H3,(H2,29,31,32). The lowest BCUT2D eigenvalue weighted by Crippen LogP contribution is -2.52. The van der Waals surface area contributed by atoms with Crippen molar-refractivity contribution in [2.75, 3.05) is 52.7 Å². The normalized spacial score (nSPS) is 15.0. The summed E-state index contributed by atoms with van der Waals surface area (Å²) in [5.41, 5.74) is 8.19. The van der Waals surface area contributed by atoms with E-state index < -0.39 is 0 Å². The quantitative estimate of drug-likeness (QED) is 0.455. The fourth-order valence-corrected chi connectivity index (χ4v) is 5.20. The van der Waals surface area contributed by atoms with Gasteiger partial charge in [-0.15, -0.1) is 0 Å². The first-order valence-corrected chi connectivity index (χ1v) is 12.9. The number of piperidine rings is 1. The van der Waals surface area contributed by atoms with Crippen molar-refractivity contribution >= 4 is 22.8 Å². The Kier molecular flexibility index (Phi) is 8.33. The summed E-state index contributed by atoms with van der Waals surface area (Å²) in [4.78, 5) is 26.1. The molecule has 4 rings (SSSR count). The topological polar surface area (TPSA) is 106 Å². The predicted molar refractivity (Wildman–Crippen MR) is 146 cm³/mol. The first kappa shape index (κ1) is 26.5. The van der Waals surface area contributed by atoms with Gasteiger partial charge in [0, 0.05) is 49.6 Å². The molecule has 3 aromatic rings. The van der Waals surface area contributed by atoms with E-state index >= 15 is 0 Å². The Balaban J connectivity index is 1.50. The molecule has 9 nitrogen and oxygen atoms in total. The first-order chi connectivity index (χ1) is 17.9. The van der Waals surface area contributed by atoms with Crippen molar-refractivity contribution in [3.8, 4) is 11.5 Å². The van der Waals surface area contributed by atoms with Crippen LogP contribution in [0.2, 0.25) is 0 Å². The van der Waals surface area contributed by atoms with Gasteiger partial charge in [0.25, 0.3) is 0 Å². The highest BCUT2D eigenvalue weighted by Crippen LogP contribution is 2.36. The number of anilines is 1. The SMILES string of the molecule is CCN(CC)C(=O)N1CCC(CNCc2nc(N)c3cc(OC)c(OC)cc3n2)(c2ccccc2)CC1. The summed E-state index contributed by atoms with van der Waals surface area (Å²) < 4.78 is 10.8. The summed E-state index contributed by atoms with van der Waals surface area (Å²) in [6.07, 6.45) is 1.77. The second-order valence-corrected chi connectivity index (χ2v) is 9.44. The lowest BCUT2D eigenvalue weighted by Gasteiger charge is -2.43. The van der Waals surface area contributed by atoms with Crippen molar-refractivity contribution in [2.24, 2.45) is 0 Å². The summed E-state index contributed by atoms with van der Waals surface area (Å²) in [6, 6.07) is 14.3. The minimum Gasteiger partial charge on any atom is -0.493 e. The second-order valence-electron chi connectivity index (χ2n) is 9.44. The van der Waals surface area contributed by atoms with Crippen LogP contribution in [-0.4, -0.2) is 72.7 Å². The van der Waals surface area contributed by atoms with Crippen molar-refractivity contribution in [2.45, 2.75) is 38.6 Å². The highest BCUT2D eigenvalue weighted by atomic mass is 16.5. The van der Waals surface area contributed by atoms with E-state index in [-0.39, 0.29) is 11.4 Å². The average molecular weight is 507 g/mol. The number of nitrogens with zero attached hydrogens (tertiary/aromatic N) is 4. The molecule has 0 atom stereocenters. The predicted octanol–water partition coefficient (Wildman–Crippen LogP) is 3.81. The summed E-state index contributed by atoms with van der Waals surface area (Å²) in [6.45, 7) is 8.19. The molecule has 2 aromatic carbocycles. The van der Waals surface area contributed by atoms with Gasteiger partial charge in [-0.1, -0.05) is 30.3 Å². The summed E-state index contributed by atoms with van der Waals surface area (Å²) in [5, 5.41) is 4.32. The number of urea groups is 1. The molecule has 0 saturated carbocycles. The maximum atomic E-state index is 12.9. The smallest absolute Gasteiger partial charge is 0.319 e. The van der Waals surface area contributed by atoms with E-state index in [0.29, 0.717) is 35.2 Å². The molecule has 1 fully saturated rings. The largest absolute Gasteiger partial charge is 0.493 e. The number of methoxy groups -OCH3 is 2. The van der Waals surface area contributed by atoms with Gasteiger partial charge in [-0.25, -0.2) is 14.8 Å². The van der Waals surface area contributed by atoms with E-state index in [2.05, 4.69) is 34.6 Å². The maximum absolute atomic E-state index is 12.9. The molecule has 1 aliphatic rings. The van der Waals surface area contributed by atoms with Crippen LogP contribution in [0.1, 0.15) is 38.1 Å². The summed E-state index contributed by atoms with van der Waals surface area (Å²) in [5.74, 6) is 2.21. The molecule has 198 valence electrons. The molecule has 9 heteroatoms. The van der Waals surface area contributed by atoms with Crippen LogP contribution in [-0.2, 0) is 12.0 Å². The van der Waals surface area contributed by atoms with Crippen LogP contribution in [0, 0.1) is 0 Å². The Morgan fingerprint density at radius 1 is 1.05 bits per heavy atom. The average Bonchev–Trinajstić information content (AvgIpc) is 2.93. The van der Waals surface area contributed by atoms with Crippen LogP contribution in [0.25, 0.3) is 10.9 Å². The summed E-state index contributed by atoms with van der Waals surface area (Å²) in [7, 11) is 3.19. The molecule has 0 bridgehead atoms. The molecule has 1 aromatic heterocycles. The van der Waals surface area contributed by atoms with Gasteiger partial charge < -0.3 is 30.3 Å².